The third-order valence-corrected chi connectivity index (χ3v) is 10.4. The Balaban J connectivity index is 1.34. The quantitative estimate of drug-likeness (QED) is 0.0706. The van der Waals surface area contributed by atoms with Crippen molar-refractivity contribution in [1.82, 2.24) is 5.32 Å². The number of aliphatic hydroxyl groups is 1. The van der Waals surface area contributed by atoms with Gasteiger partial charge in [-0.05, 0) is 67.9 Å². The van der Waals surface area contributed by atoms with Crippen LogP contribution in [0.3, 0.4) is 0 Å². The molecule has 61 heavy (non-hydrogen) atoms. The maximum atomic E-state index is 13.5. The van der Waals surface area contributed by atoms with Crippen LogP contribution in [0.2, 0.25) is 0 Å². The summed E-state index contributed by atoms with van der Waals surface area (Å²) >= 11 is 0. The van der Waals surface area contributed by atoms with Gasteiger partial charge in [0.05, 0.1) is 51.3 Å². The highest BCUT2D eigenvalue weighted by atomic mass is 16.6. The highest BCUT2D eigenvalue weighted by Gasteiger charge is 2.49. The number of allylic oxidation sites excluding steroid dienone is 1. The molecule has 6 rings (SSSR count). The lowest BCUT2D eigenvalue weighted by Crippen LogP contribution is -2.62. The summed E-state index contributed by atoms with van der Waals surface area (Å²) in [6, 6.07) is 49.3. The summed E-state index contributed by atoms with van der Waals surface area (Å²) < 4.78 is 39.8. The maximum Gasteiger partial charge on any atom is 0.407 e. The highest BCUT2D eigenvalue weighted by molar-refractivity contribution is 5.68. The van der Waals surface area contributed by atoms with E-state index in [1.165, 1.54) is 5.56 Å². The van der Waals surface area contributed by atoms with Gasteiger partial charge < -0.3 is 38.8 Å². The number of rotatable bonds is 21. The molecule has 0 bridgehead atoms. The molecule has 9 heteroatoms. The third kappa shape index (κ3) is 15.4. The van der Waals surface area contributed by atoms with Gasteiger partial charge in [-0.1, -0.05) is 164 Å². The molecule has 322 valence electrons. The lowest BCUT2D eigenvalue weighted by molar-refractivity contribution is -0.274. The molecule has 1 saturated heterocycles. The number of alkyl carbamates (subject to hydrolysis) is 1. The van der Waals surface area contributed by atoms with Gasteiger partial charge >= 0.3 is 6.09 Å². The smallest absolute Gasteiger partial charge is 0.407 e. The van der Waals surface area contributed by atoms with Crippen LogP contribution in [0.5, 0.6) is 0 Å². The number of carbonyl (C=O) groups excluding carboxylic acids is 1. The second-order valence-electron chi connectivity index (χ2n) is 16.4. The van der Waals surface area contributed by atoms with Gasteiger partial charge in [-0.2, -0.15) is 0 Å². The van der Waals surface area contributed by atoms with E-state index >= 15 is 0 Å². The van der Waals surface area contributed by atoms with E-state index in [9.17, 15) is 9.90 Å². The third-order valence-electron chi connectivity index (χ3n) is 10.4. The number of benzene rings is 5. The van der Waals surface area contributed by atoms with E-state index < -0.39 is 54.4 Å². The maximum absolute atomic E-state index is 13.5. The zero-order valence-corrected chi connectivity index (χ0v) is 35.6. The molecular weight excluding hydrogens is 767 g/mol. The van der Waals surface area contributed by atoms with E-state index in [0.717, 1.165) is 28.7 Å². The zero-order chi connectivity index (χ0) is 42.7. The molecule has 0 unspecified atom stereocenters. The molecule has 5 aromatic carbocycles. The summed E-state index contributed by atoms with van der Waals surface area (Å²) in [7, 11) is 0. The second-order valence-corrected chi connectivity index (χ2v) is 16.4. The van der Waals surface area contributed by atoms with Crippen molar-refractivity contribution < 1.29 is 38.3 Å². The van der Waals surface area contributed by atoms with Crippen LogP contribution in [0.25, 0.3) is 0 Å². The van der Waals surface area contributed by atoms with Crippen molar-refractivity contribution in [1.29, 1.82) is 0 Å². The molecule has 0 aliphatic carbocycles. The van der Waals surface area contributed by atoms with Gasteiger partial charge in [0.2, 0.25) is 0 Å². The van der Waals surface area contributed by atoms with E-state index in [-0.39, 0.29) is 19.6 Å². The van der Waals surface area contributed by atoms with Crippen LogP contribution < -0.4 is 5.32 Å². The van der Waals surface area contributed by atoms with Crippen LogP contribution in [0.4, 0.5) is 4.79 Å². The molecule has 0 radical (unpaired) electrons. The minimum atomic E-state index is -1.08. The minimum absolute atomic E-state index is 0.161. The summed E-state index contributed by atoms with van der Waals surface area (Å²) in [4.78, 5) is 13.5. The van der Waals surface area contributed by atoms with E-state index in [2.05, 4.69) is 17.4 Å². The van der Waals surface area contributed by atoms with Gasteiger partial charge in [0.25, 0.3) is 0 Å². The van der Waals surface area contributed by atoms with Crippen molar-refractivity contribution in [2.75, 3.05) is 6.61 Å². The first kappa shape index (κ1) is 45.4. The molecular formula is C52H61NO8. The van der Waals surface area contributed by atoms with Crippen LogP contribution in [-0.2, 0) is 61.3 Å². The molecule has 1 aliphatic rings. The Labute approximate surface area is 361 Å². The standard InChI is InChI=1S/C52H61NO8/c1-52(2,3)61-51(55)53-44(45(54)32-20-19-23-39-21-9-4-10-22-39)33-46-48(57-35-41-26-13-6-14-27-41)50(59-37-43-30-17-8-18-31-43)49(58-36-42-28-15-7-16-29-42)47(60-46)38-56-34-40-24-11-5-12-25-40/h4-18,20-22,24-32,44-50,54H,19,23,33-38H2,1-3H3,(H,53,55)/t44-,45+,46+,47+,48-,49-,50+/m0/s1. The number of ether oxygens (including phenoxy) is 6. The molecule has 0 aromatic heterocycles. The second kappa shape index (κ2) is 23.8. The van der Waals surface area contributed by atoms with Crippen LogP contribution in [0.1, 0.15) is 61.4 Å². The number of aryl methyl sites for hydroxylation is 1. The van der Waals surface area contributed by atoms with Crippen molar-refractivity contribution in [3.05, 3.63) is 192 Å². The van der Waals surface area contributed by atoms with E-state index in [0.29, 0.717) is 26.2 Å². The Morgan fingerprint density at radius 3 is 1.52 bits per heavy atom. The number of nitrogens with one attached hydrogen (secondary N) is 1. The lowest BCUT2D eigenvalue weighted by Gasteiger charge is -2.47. The number of hydrogen-bond acceptors (Lipinski definition) is 8. The van der Waals surface area contributed by atoms with Crippen molar-refractivity contribution in [3.8, 4) is 0 Å². The number of hydrogen-bond donors (Lipinski definition) is 2. The Hall–Kier alpha value is -5.13. The molecule has 0 saturated carbocycles. The van der Waals surface area contributed by atoms with Gasteiger partial charge in [0, 0.05) is 0 Å². The summed E-state index contributed by atoms with van der Waals surface area (Å²) in [5, 5.41) is 14.8. The average molecular weight is 828 g/mol. The number of carbonyl (C=O) groups is 1. The lowest BCUT2D eigenvalue weighted by atomic mass is 9.89. The Bertz CT molecular complexity index is 1990. The predicted octanol–water partition coefficient (Wildman–Crippen LogP) is 9.56. The Morgan fingerprint density at radius 1 is 0.623 bits per heavy atom. The molecule has 2 N–H and O–H groups in total. The molecule has 1 amide bonds. The van der Waals surface area contributed by atoms with Crippen molar-refractivity contribution in [2.45, 2.75) is 115 Å². The highest BCUT2D eigenvalue weighted by Crippen LogP contribution is 2.33. The molecule has 1 aliphatic heterocycles. The first-order valence-corrected chi connectivity index (χ1v) is 21.3. The van der Waals surface area contributed by atoms with Gasteiger partial charge in [0.15, 0.2) is 0 Å². The van der Waals surface area contributed by atoms with E-state index in [4.69, 9.17) is 28.4 Å². The molecule has 7 atom stereocenters. The summed E-state index contributed by atoms with van der Waals surface area (Å²) in [6.07, 6.45) is 0.352. The van der Waals surface area contributed by atoms with Crippen LogP contribution in [-0.4, -0.2) is 66.1 Å². The molecule has 5 aromatic rings. The summed E-state index contributed by atoms with van der Waals surface area (Å²) in [5.41, 5.74) is 4.44. The zero-order valence-electron chi connectivity index (χ0n) is 35.6. The van der Waals surface area contributed by atoms with Gasteiger partial charge in [-0.25, -0.2) is 4.79 Å². The number of aliphatic hydroxyl groups excluding tert-OH is 1. The molecule has 1 heterocycles. The summed E-state index contributed by atoms with van der Waals surface area (Å²) in [6.45, 7) is 6.85. The first-order chi connectivity index (χ1) is 29.7. The largest absolute Gasteiger partial charge is 0.444 e. The monoisotopic (exact) mass is 827 g/mol. The number of amides is 1. The van der Waals surface area contributed by atoms with Gasteiger partial charge in [0.1, 0.15) is 30.0 Å². The Kier molecular flexibility index (Phi) is 17.7. The fourth-order valence-corrected chi connectivity index (χ4v) is 7.33. The van der Waals surface area contributed by atoms with Crippen molar-refractivity contribution in [2.24, 2.45) is 0 Å². The normalized spacial score (nSPS) is 20.2. The van der Waals surface area contributed by atoms with Gasteiger partial charge in [-0.3, -0.25) is 0 Å². The van der Waals surface area contributed by atoms with Crippen molar-refractivity contribution >= 4 is 6.09 Å². The van der Waals surface area contributed by atoms with Crippen molar-refractivity contribution in [3.63, 3.8) is 0 Å². The SMILES string of the molecule is CC(C)(C)OC(=O)N[C@@H](C[C@H]1O[C@H](COCc2ccccc2)[C@H](OCc2ccccc2)[C@H](OCc2ccccc2)[C@H]1OCc1ccccc1)[C@H](O)C=CCCc1ccccc1. The minimum Gasteiger partial charge on any atom is -0.444 e. The van der Waals surface area contributed by atoms with Crippen LogP contribution >= 0.6 is 0 Å². The average Bonchev–Trinajstić information content (AvgIpc) is 3.27. The molecule has 1 fully saturated rings. The topological polar surface area (TPSA) is 105 Å². The molecule has 9 nitrogen and oxygen atoms in total. The van der Waals surface area contributed by atoms with Gasteiger partial charge in [-0.15, -0.1) is 0 Å². The fraction of sp³-hybridized carbons (Fsp3) is 0.365. The summed E-state index contributed by atoms with van der Waals surface area (Å²) in [5.74, 6) is 0. The van der Waals surface area contributed by atoms with Crippen LogP contribution in [0.15, 0.2) is 164 Å². The van der Waals surface area contributed by atoms with E-state index in [1.54, 1.807) is 6.08 Å². The molecule has 0 spiro atoms. The Morgan fingerprint density at radius 2 is 1.05 bits per heavy atom. The van der Waals surface area contributed by atoms with E-state index in [1.807, 2.05) is 166 Å². The predicted molar refractivity (Wildman–Crippen MR) is 238 cm³/mol. The first-order valence-electron chi connectivity index (χ1n) is 21.3. The van der Waals surface area contributed by atoms with Crippen LogP contribution in [0, 0.1) is 0 Å². The fourth-order valence-electron chi connectivity index (χ4n) is 7.33.